The second kappa shape index (κ2) is 7.84. The summed E-state index contributed by atoms with van der Waals surface area (Å²) >= 11 is 0. The molecule has 1 amide bonds. The maximum atomic E-state index is 13.3. The number of benzene rings is 1. The van der Waals surface area contributed by atoms with Crippen molar-refractivity contribution >= 4 is 5.91 Å². The number of rotatable bonds is 7. The molecule has 0 fully saturated rings. The van der Waals surface area contributed by atoms with Gasteiger partial charge in [-0.1, -0.05) is 19.9 Å². The molecule has 0 spiro atoms. The summed E-state index contributed by atoms with van der Waals surface area (Å²) < 4.78 is 26.0. The van der Waals surface area contributed by atoms with Crippen molar-refractivity contribution in [1.29, 1.82) is 0 Å². The summed E-state index contributed by atoms with van der Waals surface area (Å²) in [5, 5.41) is 5.83. The van der Waals surface area contributed by atoms with E-state index in [0.717, 1.165) is 19.0 Å². The predicted molar refractivity (Wildman–Crippen MR) is 70.6 cm³/mol. The fraction of sp³-hybridized carbons (Fsp3) is 0.500. The van der Waals surface area contributed by atoms with Gasteiger partial charge in [-0.3, -0.25) is 4.79 Å². The van der Waals surface area contributed by atoms with E-state index >= 15 is 0 Å². The average Bonchev–Trinajstić information content (AvgIpc) is 2.33. The van der Waals surface area contributed by atoms with Gasteiger partial charge in [0.2, 0.25) is 5.91 Å². The molecule has 2 N–H and O–H groups in total. The van der Waals surface area contributed by atoms with E-state index in [-0.39, 0.29) is 18.0 Å². The molecule has 0 radical (unpaired) electrons. The molecule has 0 saturated heterocycles. The molecule has 0 atom stereocenters. The number of hydrogen-bond acceptors (Lipinski definition) is 2. The zero-order valence-electron chi connectivity index (χ0n) is 11.3. The molecule has 5 heteroatoms. The van der Waals surface area contributed by atoms with Crippen LogP contribution < -0.4 is 10.6 Å². The van der Waals surface area contributed by atoms with Gasteiger partial charge < -0.3 is 10.6 Å². The van der Waals surface area contributed by atoms with Crippen LogP contribution in [0.4, 0.5) is 8.78 Å². The van der Waals surface area contributed by atoms with E-state index < -0.39 is 11.6 Å². The third-order valence-corrected chi connectivity index (χ3v) is 2.62. The standard InChI is InChI=1S/C14H20F2N2O/c1-10(2)17-7-3-4-14(19)18-9-11-5-6-12(15)8-13(11)16/h5-6,8,10,17H,3-4,7,9H2,1-2H3,(H,18,19). The molecule has 106 valence electrons. The minimum atomic E-state index is -0.637. The van der Waals surface area contributed by atoms with Crippen LogP contribution >= 0.6 is 0 Å². The van der Waals surface area contributed by atoms with Crippen LogP contribution in [-0.4, -0.2) is 18.5 Å². The van der Waals surface area contributed by atoms with Crippen LogP contribution in [0.3, 0.4) is 0 Å². The van der Waals surface area contributed by atoms with Gasteiger partial charge in [-0.05, 0) is 19.0 Å². The van der Waals surface area contributed by atoms with E-state index in [0.29, 0.717) is 12.5 Å². The minimum absolute atomic E-state index is 0.0859. The number of carbonyl (C=O) groups excluding carboxylic acids is 1. The highest BCUT2D eigenvalue weighted by molar-refractivity contribution is 5.75. The predicted octanol–water partition coefficient (Wildman–Crippen LogP) is 2.36. The monoisotopic (exact) mass is 270 g/mol. The molecule has 3 nitrogen and oxygen atoms in total. The quantitative estimate of drug-likeness (QED) is 0.747. The van der Waals surface area contributed by atoms with Crippen molar-refractivity contribution in [3.05, 3.63) is 35.4 Å². The molecule has 0 heterocycles. The molecular formula is C14H20F2N2O. The van der Waals surface area contributed by atoms with Gasteiger partial charge in [0.05, 0.1) is 0 Å². The van der Waals surface area contributed by atoms with Gasteiger partial charge in [-0.25, -0.2) is 8.78 Å². The molecule has 0 aromatic heterocycles. The number of nitrogens with one attached hydrogen (secondary N) is 2. The summed E-state index contributed by atoms with van der Waals surface area (Å²) in [5.41, 5.74) is 0.287. The van der Waals surface area contributed by atoms with Crippen LogP contribution in [-0.2, 0) is 11.3 Å². The summed E-state index contributed by atoms with van der Waals surface area (Å²) in [5.74, 6) is -1.39. The number of amides is 1. The van der Waals surface area contributed by atoms with E-state index in [1.54, 1.807) is 0 Å². The summed E-state index contributed by atoms with van der Waals surface area (Å²) in [6.45, 7) is 4.94. The molecule has 0 bridgehead atoms. The third kappa shape index (κ3) is 6.29. The van der Waals surface area contributed by atoms with E-state index in [1.165, 1.54) is 12.1 Å². The Kier molecular flexibility index (Phi) is 6.42. The minimum Gasteiger partial charge on any atom is -0.352 e. The van der Waals surface area contributed by atoms with E-state index in [9.17, 15) is 13.6 Å². The van der Waals surface area contributed by atoms with Crippen molar-refractivity contribution in [2.45, 2.75) is 39.3 Å². The molecule has 19 heavy (non-hydrogen) atoms. The molecule has 0 aliphatic heterocycles. The first-order valence-electron chi connectivity index (χ1n) is 6.43. The maximum Gasteiger partial charge on any atom is 0.220 e. The maximum absolute atomic E-state index is 13.3. The summed E-state index contributed by atoms with van der Waals surface area (Å²) in [6.07, 6.45) is 1.12. The number of halogens is 2. The van der Waals surface area contributed by atoms with Gasteiger partial charge >= 0.3 is 0 Å². The Labute approximate surface area is 112 Å². The van der Waals surface area contributed by atoms with Gasteiger partial charge in [0.15, 0.2) is 0 Å². The highest BCUT2D eigenvalue weighted by Crippen LogP contribution is 2.09. The highest BCUT2D eigenvalue weighted by atomic mass is 19.1. The first-order chi connectivity index (χ1) is 8.99. The van der Waals surface area contributed by atoms with Crippen molar-refractivity contribution in [2.24, 2.45) is 0 Å². The first kappa shape index (κ1) is 15.6. The van der Waals surface area contributed by atoms with Crippen LogP contribution in [0, 0.1) is 11.6 Å². The van der Waals surface area contributed by atoms with E-state index in [2.05, 4.69) is 10.6 Å². The van der Waals surface area contributed by atoms with Gasteiger partial charge in [0.25, 0.3) is 0 Å². The average molecular weight is 270 g/mol. The van der Waals surface area contributed by atoms with Crippen LogP contribution in [0.2, 0.25) is 0 Å². The molecule has 1 aromatic carbocycles. The number of carbonyl (C=O) groups is 1. The largest absolute Gasteiger partial charge is 0.352 e. The van der Waals surface area contributed by atoms with E-state index in [1.807, 2.05) is 13.8 Å². The molecule has 0 aliphatic carbocycles. The topological polar surface area (TPSA) is 41.1 Å². The molecular weight excluding hydrogens is 250 g/mol. The zero-order chi connectivity index (χ0) is 14.3. The Morgan fingerprint density at radius 2 is 2.05 bits per heavy atom. The lowest BCUT2D eigenvalue weighted by Crippen LogP contribution is -2.27. The second-order valence-electron chi connectivity index (χ2n) is 4.72. The molecule has 1 aromatic rings. The third-order valence-electron chi connectivity index (χ3n) is 2.62. The Hall–Kier alpha value is -1.49. The van der Waals surface area contributed by atoms with Gasteiger partial charge in [0, 0.05) is 30.6 Å². The van der Waals surface area contributed by atoms with E-state index in [4.69, 9.17) is 0 Å². The lowest BCUT2D eigenvalue weighted by atomic mass is 10.2. The fourth-order valence-corrected chi connectivity index (χ4v) is 1.59. The van der Waals surface area contributed by atoms with Crippen LogP contribution in [0.5, 0.6) is 0 Å². The molecule has 0 aliphatic rings. The van der Waals surface area contributed by atoms with Gasteiger partial charge in [-0.2, -0.15) is 0 Å². The molecule has 0 unspecified atom stereocenters. The van der Waals surface area contributed by atoms with Crippen molar-refractivity contribution in [3.63, 3.8) is 0 Å². The Morgan fingerprint density at radius 1 is 1.32 bits per heavy atom. The lowest BCUT2D eigenvalue weighted by molar-refractivity contribution is -0.121. The fourth-order valence-electron chi connectivity index (χ4n) is 1.59. The number of hydrogen-bond donors (Lipinski definition) is 2. The lowest BCUT2D eigenvalue weighted by Gasteiger charge is -2.08. The van der Waals surface area contributed by atoms with Crippen LogP contribution in [0.25, 0.3) is 0 Å². The Morgan fingerprint density at radius 3 is 2.68 bits per heavy atom. The first-order valence-corrected chi connectivity index (χ1v) is 6.43. The van der Waals surface area contributed by atoms with Crippen molar-refractivity contribution in [1.82, 2.24) is 10.6 Å². The van der Waals surface area contributed by atoms with Crippen LogP contribution in [0.1, 0.15) is 32.3 Å². The summed E-state index contributed by atoms with van der Waals surface area (Å²) in [7, 11) is 0. The normalized spacial score (nSPS) is 10.8. The summed E-state index contributed by atoms with van der Waals surface area (Å²) in [4.78, 5) is 11.5. The van der Waals surface area contributed by atoms with Crippen molar-refractivity contribution < 1.29 is 13.6 Å². The van der Waals surface area contributed by atoms with Crippen molar-refractivity contribution in [2.75, 3.05) is 6.54 Å². The van der Waals surface area contributed by atoms with Crippen molar-refractivity contribution in [3.8, 4) is 0 Å². The Bertz CT molecular complexity index is 422. The second-order valence-corrected chi connectivity index (χ2v) is 4.72. The Balaban J connectivity index is 2.26. The van der Waals surface area contributed by atoms with Gasteiger partial charge in [-0.15, -0.1) is 0 Å². The van der Waals surface area contributed by atoms with Gasteiger partial charge in [0.1, 0.15) is 11.6 Å². The molecule has 0 saturated carbocycles. The highest BCUT2D eigenvalue weighted by Gasteiger charge is 2.06. The molecule has 1 rings (SSSR count). The smallest absolute Gasteiger partial charge is 0.220 e. The zero-order valence-corrected chi connectivity index (χ0v) is 11.3. The SMILES string of the molecule is CC(C)NCCCC(=O)NCc1ccc(F)cc1F. The summed E-state index contributed by atoms with van der Waals surface area (Å²) in [6, 6.07) is 3.73. The van der Waals surface area contributed by atoms with Crippen LogP contribution in [0.15, 0.2) is 18.2 Å².